The van der Waals surface area contributed by atoms with Crippen LogP contribution in [0.25, 0.3) is 0 Å². The molecule has 1 aliphatic carbocycles. The standard InChI is InChI=1S/C15H29NO2/c1-5-6-12-7-9-15(10-8-12,14(2,3)16)11-13(17)18-4/h12H,5-11,16H2,1-4H3. The molecule has 0 heterocycles. The van der Waals surface area contributed by atoms with Gasteiger partial charge in [-0.2, -0.15) is 0 Å². The fourth-order valence-electron chi connectivity index (χ4n) is 3.32. The fraction of sp³-hybridized carbons (Fsp3) is 0.933. The minimum atomic E-state index is -0.321. The maximum absolute atomic E-state index is 11.7. The van der Waals surface area contributed by atoms with Crippen molar-refractivity contribution in [1.82, 2.24) is 0 Å². The summed E-state index contributed by atoms with van der Waals surface area (Å²) in [6.07, 6.45) is 7.52. The van der Waals surface area contributed by atoms with Gasteiger partial charge in [-0.25, -0.2) is 0 Å². The molecule has 0 aliphatic heterocycles. The minimum Gasteiger partial charge on any atom is -0.469 e. The second-order valence-electron chi connectivity index (χ2n) is 6.49. The Hall–Kier alpha value is -0.570. The van der Waals surface area contributed by atoms with E-state index < -0.39 is 0 Å². The van der Waals surface area contributed by atoms with E-state index in [4.69, 9.17) is 10.5 Å². The monoisotopic (exact) mass is 255 g/mol. The molecule has 0 radical (unpaired) electrons. The van der Waals surface area contributed by atoms with E-state index >= 15 is 0 Å². The molecule has 0 amide bonds. The van der Waals surface area contributed by atoms with Crippen LogP contribution in [0.2, 0.25) is 0 Å². The van der Waals surface area contributed by atoms with Gasteiger partial charge in [-0.1, -0.05) is 19.8 Å². The molecule has 0 spiro atoms. The first-order chi connectivity index (χ1) is 8.34. The summed E-state index contributed by atoms with van der Waals surface area (Å²) in [5.41, 5.74) is 5.96. The number of esters is 1. The van der Waals surface area contributed by atoms with Crippen molar-refractivity contribution in [3.8, 4) is 0 Å². The maximum atomic E-state index is 11.7. The number of ether oxygens (including phenoxy) is 1. The smallest absolute Gasteiger partial charge is 0.306 e. The molecule has 0 unspecified atom stereocenters. The molecule has 3 heteroatoms. The van der Waals surface area contributed by atoms with E-state index in [-0.39, 0.29) is 16.9 Å². The van der Waals surface area contributed by atoms with Crippen molar-refractivity contribution in [2.24, 2.45) is 17.1 Å². The Morgan fingerprint density at radius 1 is 1.39 bits per heavy atom. The molecule has 0 aromatic carbocycles. The molecular formula is C15H29NO2. The lowest BCUT2D eigenvalue weighted by Crippen LogP contribution is -2.53. The molecule has 2 N–H and O–H groups in total. The van der Waals surface area contributed by atoms with Crippen LogP contribution in [0.4, 0.5) is 0 Å². The number of nitrogens with two attached hydrogens (primary N) is 1. The molecule has 18 heavy (non-hydrogen) atoms. The van der Waals surface area contributed by atoms with E-state index in [2.05, 4.69) is 20.8 Å². The van der Waals surface area contributed by atoms with Gasteiger partial charge in [0.05, 0.1) is 13.5 Å². The van der Waals surface area contributed by atoms with Crippen molar-refractivity contribution < 1.29 is 9.53 Å². The maximum Gasteiger partial charge on any atom is 0.306 e. The van der Waals surface area contributed by atoms with Gasteiger partial charge < -0.3 is 10.5 Å². The van der Waals surface area contributed by atoms with Gasteiger partial charge in [-0.15, -0.1) is 0 Å². The Morgan fingerprint density at radius 3 is 2.33 bits per heavy atom. The van der Waals surface area contributed by atoms with E-state index in [1.165, 1.54) is 32.8 Å². The SMILES string of the molecule is CCCC1CCC(CC(=O)OC)(C(C)(C)N)CC1. The third kappa shape index (κ3) is 3.47. The topological polar surface area (TPSA) is 52.3 Å². The van der Waals surface area contributed by atoms with Crippen molar-refractivity contribution in [1.29, 1.82) is 0 Å². The highest BCUT2D eigenvalue weighted by atomic mass is 16.5. The van der Waals surface area contributed by atoms with Gasteiger partial charge in [-0.3, -0.25) is 4.79 Å². The molecule has 0 aromatic rings. The second kappa shape index (κ2) is 6.05. The third-order valence-electron chi connectivity index (χ3n) is 4.84. The van der Waals surface area contributed by atoms with Gasteiger partial charge in [0.1, 0.15) is 0 Å². The van der Waals surface area contributed by atoms with E-state index in [0.29, 0.717) is 6.42 Å². The van der Waals surface area contributed by atoms with Crippen molar-refractivity contribution >= 4 is 5.97 Å². The lowest BCUT2D eigenvalue weighted by Gasteiger charge is -2.48. The van der Waals surface area contributed by atoms with Crippen molar-refractivity contribution in [3.63, 3.8) is 0 Å². The molecule has 0 atom stereocenters. The summed E-state index contributed by atoms with van der Waals surface area (Å²) < 4.78 is 4.85. The number of carbonyl (C=O) groups is 1. The number of methoxy groups -OCH3 is 1. The van der Waals surface area contributed by atoms with E-state index in [1.54, 1.807) is 0 Å². The molecule has 1 fully saturated rings. The average molecular weight is 255 g/mol. The van der Waals surface area contributed by atoms with E-state index in [1.807, 2.05) is 0 Å². The summed E-state index contributed by atoms with van der Waals surface area (Å²) in [5, 5.41) is 0. The predicted molar refractivity (Wildman–Crippen MR) is 74.2 cm³/mol. The third-order valence-corrected chi connectivity index (χ3v) is 4.84. The summed E-state index contributed by atoms with van der Waals surface area (Å²) in [4.78, 5) is 11.7. The molecule has 106 valence electrons. The fourth-order valence-corrected chi connectivity index (χ4v) is 3.32. The van der Waals surface area contributed by atoms with Crippen molar-refractivity contribution in [2.75, 3.05) is 7.11 Å². The van der Waals surface area contributed by atoms with Crippen LogP contribution in [-0.2, 0) is 9.53 Å². The highest BCUT2D eigenvalue weighted by Crippen LogP contribution is 2.48. The molecule has 1 saturated carbocycles. The van der Waals surface area contributed by atoms with Gasteiger partial charge in [0.15, 0.2) is 0 Å². The first-order valence-electron chi connectivity index (χ1n) is 7.20. The van der Waals surface area contributed by atoms with Gasteiger partial charge >= 0.3 is 5.97 Å². The van der Waals surface area contributed by atoms with E-state index in [0.717, 1.165) is 18.8 Å². The average Bonchev–Trinajstić information content (AvgIpc) is 2.30. The Labute approximate surface area is 111 Å². The van der Waals surface area contributed by atoms with Crippen LogP contribution in [-0.4, -0.2) is 18.6 Å². The van der Waals surface area contributed by atoms with Gasteiger partial charge in [0, 0.05) is 5.54 Å². The number of carbonyl (C=O) groups excluding carboxylic acids is 1. The Morgan fingerprint density at radius 2 is 1.94 bits per heavy atom. The van der Waals surface area contributed by atoms with Crippen LogP contribution >= 0.6 is 0 Å². The first kappa shape index (κ1) is 15.5. The largest absolute Gasteiger partial charge is 0.469 e. The zero-order valence-electron chi connectivity index (χ0n) is 12.4. The van der Waals surface area contributed by atoms with E-state index in [9.17, 15) is 4.79 Å². The van der Waals surface area contributed by atoms with Gasteiger partial charge in [-0.05, 0) is 50.9 Å². The Kier molecular flexibility index (Phi) is 5.20. The van der Waals surface area contributed by atoms with Crippen LogP contribution in [0, 0.1) is 11.3 Å². The van der Waals surface area contributed by atoms with Crippen LogP contribution < -0.4 is 5.73 Å². The van der Waals surface area contributed by atoms with Gasteiger partial charge in [0.2, 0.25) is 0 Å². The summed E-state index contributed by atoms with van der Waals surface area (Å²) in [7, 11) is 1.46. The van der Waals surface area contributed by atoms with Gasteiger partial charge in [0.25, 0.3) is 0 Å². The van der Waals surface area contributed by atoms with Crippen LogP contribution in [0.3, 0.4) is 0 Å². The molecular weight excluding hydrogens is 226 g/mol. The minimum absolute atomic E-state index is 0.0790. The molecule has 3 nitrogen and oxygen atoms in total. The van der Waals surface area contributed by atoms with Crippen LogP contribution in [0.1, 0.15) is 65.7 Å². The predicted octanol–water partition coefficient (Wildman–Crippen LogP) is 3.26. The quantitative estimate of drug-likeness (QED) is 0.767. The molecule has 0 saturated heterocycles. The zero-order valence-corrected chi connectivity index (χ0v) is 12.4. The highest BCUT2D eigenvalue weighted by molar-refractivity contribution is 5.70. The summed E-state index contributed by atoms with van der Waals surface area (Å²) in [6.45, 7) is 6.34. The van der Waals surface area contributed by atoms with Crippen LogP contribution in [0.5, 0.6) is 0 Å². The molecule has 1 aliphatic rings. The van der Waals surface area contributed by atoms with Crippen LogP contribution in [0.15, 0.2) is 0 Å². The second-order valence-corrected chi connectivity index (χ2v) is 6.49. The Bertz CT molecular complexity index is 273. The molecule has 0 bridgehead atoms. The lowest BCUT2D eigenvalue weighted by atomic mass is 9.59. The Balaban J connectivity index is 2.74. The highest BCUT2D eigenvalue weighted by Gasteiger charge is 2.46. The summed E-state index contributed by atoms with van der Waals surface area (Å²) >= 11 is 0. The first-order valence-corrected chi connectivity index (χ1v) is 7.20. The van der Waals surface area contributed by atoms with Crippen molar-refractivity contribution in [3.05, 3.63) is 0 Å². The van der Waals surface area contributed by atoms with Crippen molar-refractivity contribution in [2.45, 2.75) is 71.3 Å². The normalized spacial score (nSPS) is 29.1. The number of hydrogen-bond acceptors (Lipinski definition) is 3. The zero-order chi connectivity index (χ0) is 13.8. The number of rotatable bonds is 5. The summed E-state index contributed by atoms with van der Waals surface area (Å²) in [5.74, 6) is 0.700. The lowest BCUT2D eigenvalue weighted by molar-refractivity contribution is -0.145. The number of hydrogen-bond donors (Lipinski definition) is 1. The molecule has 0 aromatic heterocycles. The summed E-state index contributed by atoms with van der Waals surface area (Å²) in [6, 6.07) is 0. The molecule has 1 rings (SSSR count).